The van der Waals surface area contributed by atoms with Crippen LogP contribution in [0.1, 0.15) is 12.1 Å². The van der Waals surface area contributed by atoms with E-state index in [0.29, 0.717) is 6.42 Å². The second kappa shape index (κ2) is 5.43. The number of aryl methyl sites for hydroxylation is 1. The van der Waals surface area contributed by atoms with E-state index in [0.717, 1.165) is 5.69 Å². The molecule has 2 N–H and O–H groups in total. The molecule has 0 bridgehead atoms. The highest BCUT2D eigenvalue weighted by atomic mass is 19.4. The van der Waals surface area contributed by atoms with E-state index in [9.17, 15) is 18.0 Å². The van der Waals surface area contributed by atoms with Gasteiger partial charge < -0.3 is 10.6 Å². The summed E-state index contributed by atoms with van der Waals surface area (Å²) < 4.78 is 40.9. The zero-order valence-electron chi connectivity index (χ0n) is 11.1. The van der Waals surface area contributed by atoms with E-state index in [1.54, 1.807) is 24.0 Å². The van der Waals surface area contributed by atoms with Gasteiger partial charge in [0.05, 0.1) is 5.69 Å². The molecule has 1 amide bonds. The molecular weight excluding hydrogens is 273 g/mol. The summed E-state index contributed by atoms with van der Waals surface area (Å²) >= 11 is 0. The van der Waals surface area contributed by atoms with Crippen LogP contribution >= 0.6 is 0 Å². The summed E-state index contributed by atoms with van der Waals surface area (Å²) in [6.45, 7) is -0.00717. The Morgan fingerprint density at radius 2 is 2.35 bits per heavy atom. The van der Waals surface area contributed by atoms with E-state index in [2.05, 4.69) is 15.7 Å². The number of hydrogen-bond donors (Lipinski definition) is 2. The maximum Gasteiger partial charge on any atom is 0.404 e. The molecule has 1 unspecified atom stereocenters. The van der Waals surface area contributed by atoms with Gasteiger partial charge >= 0.3 is 6.18 Å². The molecule has 8 heteroatoms. The second-order valence-corrected chi connectivity index (χ2v) is 4.99. The van der Waals surface area contributed by atoms with E-state index >= 15 is 0 Å². The molecule has 1 aliphatic heterocycles. The van der Waals surface area contributed by atoms with Crippen LogP contribution in [0.15, 0.2) is 12.3 Å². The minimum absolute atomic E-state index is 0.147. The summed E-state index contributed by atoms with van der Waals surface area (Å²) in [6, 6.07) is 1.77. The van der Waals surface area contributed by atoms with Crippen molar-refractivity contribution in [2.45, 2.75) is 19.0 Å². The van der Waals surface area contributed by atoms with Crippen LogP contribution in [0.3, 0.4) is 0 Å². The summed E-state index contributed by atoms with van der Waals surface area (Å²) in [4.78, 5) is 11.9. The fourth-order valence-electron chi connectivity index (χ4n) is 2.33. The van der Waals surface area contributed by atoms with Crippen molar-refractivity contribution in [1.29, 1.82) is 0 Å². The Kier molecular flexibility index (Phi) is 4.03. The summed E-state index contributed by atoms with van der Waals surface area (Å²) in [5, 5.41) is 9.10. The average Bonchev–Trinajstić information content (AvgIpc) is 2.97. The first-order valence-electron chi connectivity index (χ1n) is 6.39. The number of nitrogens with zero attached hydrogens (tertiary/aromatic N) is 2. The van der Waals surface area contributed by atoms with E-state index in [1.165, 1.54) is 0 Å². The Morgan fingerprint density at radius 3 is 2.85 bits per heavy atom. The van der Waals surface area contributed by atoms with E-state index in [4.69, 9.17) is 0 Å². The predicted molar refractivity (Wildman–Crippen MR) is 65.9 cm³/mol. The van der Waals surface area contributed by atoms with Crippen LogP contribution in [-0.4, -0.2) is 41.5 Å². The molecule has 2 rings (SSSR count). The first-order chi connectivity index (χ1) is 9.35. The minimum Gasteiger partial charge on any atom is -0.355 e. The number of amides is 1. The average molecular weight is 290 g/mol. The third-order valence-electron chi connectivity index (χ3n) is 3.57. The lowest BCUT2D eigenvalue weighted by Gasteiger charge is -2.29. The molecule has 0 saturated carbocycles. The molecule has 1 fully saturated rings. The third-order valence-corrected chi connectivity index (χ3v) is 3.57. The number of aromatic nitrogens is 2. The summed E-state index contributed by atoms with van der Waals surface area (Å²) in [7, 11) is 1.75. The molecule has 2 heterocycles. The van der Waals surface area contributed by atoms with Gasteiger partial charge in [0, 0.05) is 32.8 Å². The molecule has 1 saturated heterocycles. The highest BCUT2D eigenvalue weighted by Gasteiger charge is 2.61. The first-order valence-corrected chi connectivity index (χ1v) is 6.39. The Bertz CT molecular complexity index is 477. The zero-order valence-corrected chi connectivity index (χ0v) is 11.1. The quantitative estimate of drug-likeness (QED) is 0.855. The molecule has 5 nitrogen and oxygen atoms in total. The lowest BCUT2D eigenvalue weighted by Crippen LogP contribution is -2.52. The van der Waals surface area contributed by atoms with Crippen LogP contribution in [0.2, 0.25) is 0 Å². The lowest BCUT2D eigenvalue weighted by molar-refractivity contribution is -0.215. The van der Waals surface area contributed by atoms with Gasteiger partial charge in [0.25, 0.3) is 0 Å². The molecule has 1 aliphatic rings. The first kappa shape index (κ1) is 14.8. The van der Waals surface area contributed by atoms with E-state index in [-0.39, 0.29) is 26.1 Å². The van der Waals surface area contributed by atoms with Gasteiger partial charge in [0.15, 0.2) is 5.41 Å². The number of alkyl halides is 3. The molecule has 112 valence electrons. The van der Waals surface area contributed by atoms with Gasteiger partial charge in [-0.2, -0.15) is 18.3 Å². The van der Waals surface area contributed by atoms with Crippen molar-refractivity contribution in [3.63, 3.8) is 0 Å². The number of hydrogen-bond acceptors (Lipinski definition) is 3. The van der Waals surface area contributed by atoms with Crippen LogP contribution < -0.4 is 10.6 Å². The molecule has 0 aliphatic carbocycles. The van der Waals surface area contributed by atoms with Crippen molar-refractivity contribution in [2.75, 3.05) is 19.6 Å². The molecular formula is C12H17F3N4O. The standard InChI is InChI=1S/C12H17F3N4O/c1-19-7-3-9(18-19)2-5-17-10(20)11(12(13,14)15)4-6-16-8-11/h3,7,16H,2,4-6,8H2,1H3,(H,17,20). The highest BCUT2D eigenvalue weighted by molar-refractivity contribution is 5.84. The largest absolute Gasteiger partial charge is 0.404 e. The maximum absolute atomic E-state index is 13.1. The van der Waals surface area contributed by atoms with Crippen molar-refractivity contribution < 1.29 is 18.0 Å². The van der Waals surface area contributed by atoms with Gasteiger partial charge in [-0.25, -0.2) is 0 Å². The van der Waals surface area contributed by atoms with E-state index < -0.39 is 17.5 Å². The molecule has 0 aromatic carbocycles. The van der Waals surface area contributed by atoms with Crippen LogP contribution in [0.4, 0.5) is 13.2 Å². The Morgan fingerprint density at radius 1 is 1.60 bits per heavy atom. The van der Waals surface area contributed by atoms with Gasteiger partial charge in [0.1, 0.15) is 0 Å². The number of carbonyl (C=O) groups is 1. The van der Waals surface area contributed by atoms with Gasteiger partial charge in [-0.1, -0.05) is 0 Å². The Hall–Kier alpha value is -1.57. The second-order valence-electron chi connectivity index (χ2n) is 4.99. The number of carbonyl (C=O) groups excluding carboxylic acids is 1. The SMILES string of the molecule is Cn1ccc(CCNC(=O)C2(C(F)(F)F)CCNC2)n1. The molecule has 1 aromatic heterocycles. The van der Waals surface area contributed by atoms with Crippen molar-refractivity contribution in [3.05, 3.63) is 18.0 Å². The monoisotopic (exact) mass is 290 g/mol. The lowest BCUT2D eigenvalue weighted by atomic mass is 9.85. The van der Waals surface area contributed by atoms with Gasteiger partial charge in [-0.3, -0.25) is 9.48 Å². The number of rotatable bonds is 4. The van der Waals surface area contributed by atoms with Crippen molar-refractivity contribution >= 4 is 5.91 Å². The van der Waals surface area contributed by atoms with Crippen LogP contribution in [0.25, 0.3) is 0 Å². The molecule has 20 heavy (non-hydrogen) atoms. The van der Waals surface area contributed by atoms with E-state index in [1.807, 2.05) is 0 Å². The van der Waals surface area contributed by atoms with Crippen molar-refractivity contribution in [3.8, 4) is 0 Å². The highest BCUT2D eigenvalue weighted by Crippen LogP contribution is 2.43. The Labute approximate surface area is 114 Å². The smallest absolute Gasteiger partial charge is 0.355 e. The fourth-order valence-corrected chi connectivity index (χ4v) is 2.33. The summed E-state index contributed by atoms with van der Waals surface area (Å²) in [5.74, 6) is -0.953. The molecule has 0 spiro atoms. The summed E-state index contributed by atoms with van der Waals surface area (Å²) in [6.07, 6.45) is -2.60. The zero-order chi connectivity index (χ0) is 14.8. The number of halogens is 3. The normalized spacial score (nSPS) is 23.0. The molecule has 0 radical (unpaired) electrons. The summed E-state index contributed by atoms with van der Waals surface area (Å²) in [5.41, 5.74) is -1.56. The fraction of sp³-hybridized carbons (Fsp3) is 0.667. The molecule has 1 aromatic rings. The maximum atomic E-state index is 13.1. The van der Waals surface area contributed by atoms with Gasteiger partial charge in [0.2, 0.25) is 5.91 Å². The third kappa shape index (κ3) is 2.79. The minimum atomic E-state index is -4.54. The van der Waals surface area contributed by atoms with Gasteiger partial charge in [-0.15, -0.1) is 0 Å². The predicted octanol–water partition coefficient (Wildman–Crippen LogP) is 0.621. The van der Waals surface area contributed by atoms with Crippen molar-refractivity contribution in [1.82, 2.24) is 20.4 Å². The van der Waals surface area contributed by atoms with Crippen LogP contribution in [-0.2, 0) is 18.3 Å². The van der Waals surface area contributed by atoms with Crippen molar-refractivity contribution in [2.24, 2.45) is 12.5 Å². The molecule has 1 atom stereocenters. The van der Waals surface area contributed by atoms with Crippen LogP contribution in [0.5, 0.6) is 0 Å². The number of nitrogens with one attached hydrogen (secondary N) is 2. The topological polar surface area (TPSA) is 59.0 Å². The van der Waals surface area contributed by atoms with Crippen LogP contribution in [0, 0.1) is 5.41 Å². The van der Waals surface area contributed by atoms with Gasteiger partial charge in [-0.05, 0) is 19.0 Å². The Balaban J connectivity index is 1.93.